The number of hydrogen-bond donors (Lipinski definition) is 0. The predicted octanol–water partition coefficient (Wildman–Crippen LogP) is 8.43. The summed E-state index contributed by atoms with van der Waals surface area (Å²) in [5.41, 5.74) is 4.50. The molecule has 0 fully saturated rings. The van der Waals surface area contributed by atoms with Gasteiger partial charge in [0.25, 0.3) is 0 Å². The van der Waals surface area contributed by atoms with Crippen LogP contribution in [-0.4, -0.2) is 5.97 Å². The number of carbonyl (C=O) groups is 1. The van der Waals surface area contributed by atoms with Gasteiger partial charge in [0.15, 0.2) is 0 Å². The third-order valence-corrected chi connectivity index (χ3v) is 6.42. The van der Waals surface area contributed by atoms with Gasteiger partial charge in [-0.25, -0.2) is 0 Å². The number of benzene rings is 4. The molecule has 0 unspecified atom stereocenters. The van der Waals surface area contributed by atoms with E-state index in [0.29, 0.717) is 26.1 Å². The summed E-state index contributed by atoms with van der Waals surface area (Å²) in [6.45, 7) is 6.97. The van der Waals surface area contributed by atoms with E-state index >= 15 is 0 Å². The first-order valence-electron chi connectivity index (χ1n) is 12.4. The summed E-state index contributed by atoms with van der Waals surface area (Å²) >= 11 is 1.70. The Balaban J connectivity index is 0.00000176. The number of esters is 1. The molecule has 0 aliphatic rings. The van der Waals surface area contributed by atoms with Crippen molar-refractivity contribution in [2.45, 2.75) is 56.6 Å². The molecule has 0 aliphatic carbocycles. The van der Waals surface area contributed by atoms with Gasteiger partial charge in [-0.15, -0.1) is 0 Å². The lowest BCUT2D eigenvalue weighted by molar-refractivity contribution is -0.144. The van der Waals surface area contributed by atoms with Crippen molar-refractivity contribution >= 4 is 17.7 Å². The van der Waals surface area contributed by atoms with E-state index in [-0.39, 0.29) is 5.97 Å². The van der Waals surface area contributed by atoms with Crippen LogP contribution >= 0.6 is 11.8 Å². The van der Waals surface area contributed by atoms with Gasteiger partial charge in [-0.1, -0.05) is 98.4 Å². The Morgan fingerprint density at radius 2 is 1.36 bits per heavy atom. The maximum absolute atomic E-state index is 12.1. The highest BCUT2D eigenvalue weighted by Gasteiger charge is 2.08. The van der Waals surface area contributed by atoms with Crippen LogP contribution in [0.4, 0.5) is 0 Å². The van der Waals surface area contributed by atoms with Gasteiger partial charge in [-0.05, 0) is 65.9 Å². The van der Waals surface area contributed by atoms with E-state index < -0.39 is 0 Å². The quantitative estimate of drug-likeness (QED) is 0.206. The van der Waals surface area contributed by atoms with Crippen LogP contribution in [0.25, 0.3) is 0 Å². The van der Waals surface area contributed by atoms with Gasteiger partial charge < -0.3 is 9.47 Å². The van der Waals surface area contributed by atoms with Crippen LogP contribution in [0.15, 0.2) is 113 Å². The SMILES string of the molecule is CC.Cc1cc(Sc2cccc(OCc3ccccc3)c2)ccc1CCC(=O)OCc1ccccc1. The van der Waals surface area contributed by atoms with Crippen LogP contribution in [0.2, 0.25) is 0 Å². The van der Waals surface area contributed by atoms with Crippen molar-refractivity contribution < 1.29 is 14.3 Å². The van der Waals surface area contributed by atoms with Crippen molar-refractivity contribution in [1.82, 2.24) is 0 Å². The summed E-state index contributed by atoms with van der Waals surface area (Å²) < 4.78 is 11.4. The normalized spacial score (nSPS) is 10.2. The molecule has 36 heavy (non-hydrogen) atoms. The average Bonchev–Trinajstić information content (AvgIpc) is 2.93. The van der Waals surface area contributed by atoms with Gasteiger partial charge in [0.2, 0.25) is 0 Å². The van der Waals surface area contributed by atoms with E-state index in [1.165, 1.54) is 11.1 Å². The van der Waals surface area contributed by atoms with Crippen LogP contribution in [0.1, 0.15) is 42.5 Å². The molecule has 0 bridgehead atoms. The molecular weight excluding hydrogens is 464 g/mol. The van der Waals surface area contributed by atoms with Gasteiger partial charge >= 0.3 is 5.97 Å². The minimum absolute atomic E-state index is 0.172. The smallest absolute Gasteiger partial charge is 0.306 e. The van der Waals surface area contributed by atoms with Crippen LogP contribution in [0.3, 0.4) is 0 Å². The highest BCUT2D eigenvalue weighted by Crippen LogP contribution is 2.31. The molecule has 186 valence electrons. The Bertz CT molecular complexity index is 1210. The molecule has 0 radical (unpaired) electrons. The number of hydrogen-bond acceptors (Lipinski definition) is 4. The summed E-state index contributed by atoms with van der Waals surface area (Å²) in [7, 11) is 0. The van der Waals surface area contributed by atoms with E-state index in [9.17, 15) is 4.79 Å². The van der Waals surface area contributed by atoms with Crippen molar-refractivity contribution in [2.24, 2.45) is 0 Å². The number of carbonyl (C=O) groups excluding carboxylic acids is 1. The predicted molar refractivity (Wildman–Crippen MR) is 148 cm³/mol. The number of ether oxygens (including phenoxy) is 2. The lowest BCUT2D eigenvalue weighted by Crippen LogP contribution is -2.06. The third kappa shape index (κ3) is 8.94. The molecule has 0 saturated heterocycles. The van der Waals surface area contributed by atoms with Crippen molar-refractivity contribution in [2.75, 3.05) is 0 Å². The van der Waals surface area contributed by atoms with Crippen molar-refractivity contribution in [1.29, 1.82) is 0 Å². The van der Waals surface area contributed by atoms with E-state index in [1.807, 2.05) is 74.5 Å². The topological polar surface area (TPSA) is 35.5 Å². The molecule has 4 heteroatoms. The lowest BCUT2D eigenvalue weighted by Gasteiger charge is -2.10. The van der Waals surface area contributed by atoms with Crippen molar-refractivity contribution in [3.63, 3.8) is 0 Å². The Hall–Kier alpha value is -3.50. The minimum Gasteiger partial charge on any atom is -0.489 e. The first-order chi connectivity index (χ1) is 17.7. The van der Waals surface area contributed by atoms with Gasteiger partial charge in [-0.2, -0.15) is 0 Å². The summed E-state index contributed by atoms with van der Waals surface area (Å²) in [4.78, 5) is 14.4. The molecule has 0 N–H and O–H groups in total. The highest BCUT2D eigenvalue weighted by atomic mass is 32.2. The molecule has 0 aliphatic heterocycles. The van der Waals surface area contributed by atoms with Crippen molar-refractivity contribution in [3.05, 3.63) is 125 Å². The number of rotatable bonds is 10. The summed E-state index contributed by atoms with van der Waals surface area (Å²) in [6, 6.07) is 34.5. The number of aryl methyl sites for hydroxylation is 2. The Labute approximate surface area is 219 Å². The molecule has 0 spiro atoms. The second kappa shape index (κ2) is 14.8. The zero-order valence-electron chi connectivity index (χ0n) is 21.3. The van der Waals surface area contributed by atoms with E-state index in [0.717, 1.165) is 26.7 Å². The maximum atomic E-state index is 12.1. The first kappa shape index (κ1) is 27.1. The van der Waals surface area contributed by atoms with Crippen LogP contribution in [-0.2, 0) is 29.2 Å². The molecule has 0 amide bonds. The minimum atomic E-state index is -0.172. The first-order valence-corrected chi connectivity index (χ1v) is 13.2. The average molecular weight is 499 g/mol. The molecule has 0 atom stereocenters. The second-order valence-electron chi connectivity index (χ2n) is 8.09. The maximum Gasteiger partial charge on any atom is 0.306 e. The van der Waals surface area contributed by atoms with Gasteiger partial charge in [0.1, 0.15) is 19.0 Å². The Kier molecular flexibility index (Phi) is 11.1. The second-order valence-corrected chi connectivity index (χ2v) is 9.23. The Morgan fingerprint density at radius 1 is 0.722 bits per heavy atom. The fraction of sp³-hybridized carbons (Fsp3) is 0.219. The van der Waals surface area contributed by atoms with Crippen molar-refractivity contribution in [3.8, 4) is 5.75 Å². The standard InChI is InChI=1S/C30H28O3S.C2H6/c1-23-19-29(17-15-26(23)16-18-30(31)33-22-25-11-6-3-7-12-25)34-28-14-8-13-27(20-28)32-21-24-9-4-2-5-10-24;1-2/h2-15,17,19-20H,16,18,21-22H2,1H3;1-2H3. The largest absolute Gasteiger partial charge is 0.489 e. The monoisotopic (exact) mass is 498 g/mol. The highest BCUT2D eigenvalue weighted by molar-refractivity contribution is 7.99. The molecule has 0 heterocycles. The molecule has 0 saturated carbocycles. The fourth-order valence-corrected chi connectivity index (χ4v) is 4.53. The van der Waals surface area contributed by atoms with E-state index in [4.69, 9.17) is 9.47 Å². The summed E-state index contributed by atoms with van der Waals surface area (Å²) in [6.07, 6.45) is 1.05. The molecule has 0 aromatic heterocycles. The zero-order chi connectivity index (χ0) is 25.6. The molecular formula is C32H34O3S. The lowest BCUT2D eigenvalue weighted by atomic mass is 10.0. The third-order valence-electron chi connectivity index (χ3n) is 5.44. The molecule has 4 aromatic carbocycles. The van der Waals surface area contributed by atoms with E-state index in [1.54, 1.807) is 11.8 Å². The summed E-state index contributed by atoms with van der Waals surface area (Å²) in [5.74, 6) is 0.685. The van der Waals surface area contributed by atoms with Crippen LogP contribution < -0.4 is 4.74 Å². The van der Waals surface area contributed by atoms with E-state index in [2.05, 4.69) is 49.4 Å². The Morgan fingerprint density at radius 3 is 2.03 bits per heavy atom. The fourth-order valence-electron chi connectivity index (χ4n) is 3.56. The molecule has 4 aromatic rings. The zero-order valence-corrected chi connectivity index (χ0v) is 22.1. The van der Waals surface area contributed by atoms with Crippen LogP contribution in [0.5, 0.6) is 5.75 Å². The molecule has 3 nitrogen and oxygen atoms in total. The van der Waals surface area contributed by atoms with Crippen LogP contribution in [0, 0.1) is 6.92 Å². The van der Waals surface area contributed by atoms with Gasteiger partial charge in [0, 0.05) is 16.2 Å². The van der Waals surface area contributed by atoms with Gasteiger partial charge in [-0.3, -0.25) is 4.79 Å². The van der Waals surface area contributed by atoms with Gasteiger partial charge in [0.05, 0.1) is 0 Å². The summed E-state index contributed by atoms with van der Waals surface area (Å²) in [5, 5.41) is 0. The molecule has 4 rings (SSSR count).